The molecule has 1 nitrogen and oxygen atoms in total. The van der Waals surface area contributed by atoms with Crippen LogP contribution in [-0.2, 0) is 6.42 Å². The molecule has 1 saturated carbocycles. The third-order valence-corrected chi connectivity index (χ3v) is 4.27. The number of benzene rings is 1. The zero-order valence-electron chi connectivity index (χ0n) is 11.2. The number of hydrogen-bond acceptors (Lipinski definition) is 1. The molecule has 17 heavy (non-hydrogen) atoms. The first-order valence-corrected chi connectivity index (χ1v) is 7.05. The van der Waals surface area contributed by atoms with E-state index >= 15 is 0 Å². The van der Waals surface area contributed by atoms with Crippen LogP contribution < -0.4 is 5.32 Å². The summed E-state index contributed by atoms with van der Waals surface area (Å²) in [6.45, 7) is 5.85. The van der Waals surface area contributed by atoms with Crippen LogP contribution in [0.2, 0.25) is 0 Å². The largest absolute Gasteiger partial charge is 0.313 e. The van der Waals surface area contributed by atoms with Crippen LogP contribution in [0.15, 0.2) is 30.3 Å². The molecule has 0 bridgehead atoms. The highest BCUT2D eigenvalue weighted by molar-refractivity contribution is 5.16. The average molecular weight is 231 g/mol. The SMILES string of the molecule is CCC(CC)(CNC1CC1)Cc1ccccc1. The molecule has 2 rings (SSSR count). The van der Waals surface area contributed by atoms with Crippen LogP contribution in [0.5, 0.6) is 0 Å². The molecule has 0 spiro atoms. The first-order valence-electron chi connectivity index (χ1n) is 7.05. The van der Waals surface area contributed by atoms with Crippen LogP contribution in [0.3, 0.4) is 0 Å². The van der Waals surface area contributed by atoms with Crippen LogP contribution in [0.4, 0.5) is 0 Å². The Hall–Kier alpha value is -0.820. The topological polar surface area (TPSA) is 12.0 Å². The van der Waals surface area contributed by atoms with Crippen LogP contribution in [0.25, 0.3) is 0 Å². The zero-order chi connectivity index (χ0) is 12.1. The van der Waals surface area contributed by atoms with Gasteiger partial charge in [-0.3, -0.25) is 0 Å². The lowest BCUT2D eigenvalue weighted by molar-refractivity contribution is 0.245. The van der Waals surface area contributed by atoms with Crippen LogP contribution >= 0.6 is 0 Å². The number of nitrogens with one attached hydrogen (secondary N) is 1. The maximum atomic E-state index is 3.72. The van der Waals surface area contributed by atoms with Crippen LogP contribution in [0, 0.1) is 5.41 Å². The average Bonchev–Trinajstić information content (AvgIpc) is 3.20. The minimum absolute atomic E-state index is 0.448. The molecule has 0 unspecified atom stereocenters. The fraction of sp³-hybridized carbons (Fsp3) is 0.625. The first-order chi connectivity index (χ1) is 8.28. The van der Waals surface area contributed by atoms with Crippen molar-refractivity contribution < 1.29 is 0 Å². The van der Waals surface area contributed by atoms with Crippen molar-refractivity contribution in [3.8, 4) is 0 Å². The molecular formula is C16H25N. The molecule has 1 fully saturated rings. The summed E-state index contributed by atoms with van der Waals surface area (Å²) in [5.74, 6) is 0. The lowest BCUT2D eigenvalue weighted by Gasteiger charge is -2.32. The summed E-state index contributed by atoms with van der Waals surface area (Å²) in [5.41, 5.74) is 1.93. The molecule has 0 aliphatic heterocycles. The van der Waals surface area contributed by atoms with Gasteiger partial charge in [-0.25, -0.2) is 0 Å². The lowest BCUT2D eigenvalue weighted by Crippen LogP contribution is -2.36. The molecular weight excluding hydrogens is 206 g/mol. The summed E-state index contributed by atoms with van der Waals surface area (Å²) in [6.07, 6.45) is 6.50. The van der Waals surface area contributed by atoms with Crippen LogP contribution in [-0.4, -0.2) is 12.6 Å². The standard InChI is InChI=1S/C16H25N/c1-3-16(4-2,13-17-15-10-11-15)12-14-8-6-5-7-9-14/h5-9,15,17H,3-4,10-13H2,1-2H3. The number of hydrogen-bond donors (Lipinski definition) is 1. The molecule has 0 radical (unpaired) electrons. The highest BCUT2D eigenvalue weighted by atomic mass is 15.0. The molecule has 0 saturated heterocycles. The molecule has 1 aliphatic carbocycles. The van der Waals surface area contributed by atoms with E-state index in [0.717, 1.165) is 6.04 Å². The minimum Gasteiger partial charge on any atom is -0.313 e. The van der Waals surface area contributed by atoms with Gasteiger partial charge in [0, 0.05) is 12.6 Å². The Morgan fingerprint density at radius 1 is 1.12 bits per heavy atom. The Morgan fingerprint density at radius 2 is 1.76 bits per heavy atom. The molecule has 0 amide bonds. The van der Waals surface area contributed by atoms with Crippen molar-refractivity contribution in [3.05, 3.63) is 35.9 Å². The second kappa shape index (κ2) is 5.68. The highest BCUT2D eigenvalue weighted by Crippen LogP contribution is 2.31. The molecule has 94 valence electrons. The predicted molar refractivity (Wildman–Crippen MR) is 74.2 cm³/mol. The summed E-state index contributed by atoms with van der Waals surface area (Å²) in [4.78, 5) is 0. The van der Waals surface area contributed by atoms with Gasteiger partial charge in [0.15, 0.2) is 0 Å². The van der Waals surface area contributed by atoms with E-state index in [0.29, 0.717) is 5.41 Å². The zero-order valence-corrected chi connectivity index (χ0v) is 11.2. The van der Waals surface area contributed by atoms with Crippen molar-refractivity contribution in [1.29, 1.82) is 0 Å². The van der Waals surface area contributed by atoms with E-state index < -0.39 is 0 Å². The van der Waals surface area contributed by atoms with Gasteiger partial charge in [0.2, 0.25) is 0 Å². The maximum absolute atomic E-state index is 3.72. The fourth-order valence-corrected chi connectivity index (χ4v) is 2.49. The van der Waals surface area contributed by atoms with E-state index in [9.17, 15) is 0 Å². The van der Waals surface area contributed by atoms with Crippen LogP contribution in [0.1, 0.15) is 45.1 Å². The van der Waals surface area contributed by atoms with Gasteiger partial charge in [0.25, 0.3) is 0 Å². The van der Waals surface area contributed by atoms with E-state index in [-0.39, 0.29) is 0 Å². The summed E-state index contributed by atoms with van der Waals surface area (Å²) in [7, 11) is 0. The van der Waals surface area contributed by atoms with E-state index in [1.807, 2.05) is 0 Å². The van der Waals surface area contributed by atoms with Gasteiger partial charge in [-0.05, 0) is 43.1 Å². The van der Waals surface area contributed by atoms with Crippen molar-refractivity contribution in [3.63, 3.8) is 0 Å². The van der Waals surface area contributed by atoms with E-state index in [2.05, 4.69) is 49.5 Å². The number of rotatable bonds is 7. The Kier molecular flexibility index (Phi) is 4.22. The molecule has 1 aliphatic rings. The third-order valence-electron chi connectivity index (χ3n) is 4.27. The monoisotopic (exact) mass is 231 g/mol. The minimum atomic E-state index is 0.448. The van der Waals surface area contributed by atoms with Crippen molar-refractivity contribution in [2.75, 3.05) is 6.54 Å². The summed E-state index contributed by atoms with van der Waals surface area (Å²) in [6, 6.07) is 11.8. The summed E-state index contributed by atoms with van der Waals surface area (Å²) < 4.78 is 0. The van der Waals surface area contributed by atoms with Crippen molar-refractivity contribution in [2.45, 2.75) is 52.0 Å². The third kappa shape index (κ3) is 3.57. The molecule has 1 heteroatoms. The van der Waals surface area contributed by atoms with Gasteiger partial charge in [-0.2, -0.15) is 0 Å². The molecule has 0 atom stereocenters. The lowest BCUT2D eigenvalue weighted by atomic mass is 9.77. The first kappa shape index (κ1) is 12.6. The normalized spacial score (nSPS) is 16.1. The van der Waals surface area contributed by atoms with E-state index in [1.165, 1.54) is 44.2 Å². The van der Waals surface area contributed by atoms with E-state index in [4.69, 9.17) is 0 Å². The van der Waals surface area contributed by atoms with Crippen molar-refractivity contribution in [1.82, 2.24) is 5.32 Å². The van der Waals surface area contributed by atoms with Gasteiger partial charge in [-0.15, -0.1) is 0 Å². The quantitative estimate of drug-likeness (QED) is 0.753. The Balaban J connectivity index is 1.98. The second-order valence-corrected chi connectivity index (χ2v) is 5.52. The Labute approximate surface area is 106 Å². The smallest absolute Gasteiger partial charge is 0.00684 e. The van der Waals surface area contributed by atoms with Crippen molar-refractivity contribution in [2.24, 2.45) is 5.41 Å². The summed E-state index contributed by atoms with van der Waals surface area (Å²) in [5, 5.41) is 3.72. The van der Waals surface area contributed by atoms with Gasteiger partial charge < -0.3 is 5.32 Å². The second-order valence-electron chi connectivity index (χ2n) is 5.52. The molecule has 0 heterocycles. The summed E-state index contributed by atoms with van der Waals surface area (Å²) >= 11 is 0. The highest BCUT2D eigenvalue weighted by Gasteiger charge is 2.29. The van der Waals surface area contributed by atoms with Gasteiger partial charge in [0.1, 0.15) is 0 Å². The Bertz CT molecular complexity index is 323. The Morgan fingerprint density at radius 3 is 2.29 bits per heavy atom. The molecule has 1 aromatic rings. The molecule has 0 aromatic heterocycles. The van der Waals surface area contributed by atoms with E-state index in [1.54, 1.807) is 0 Å². The van der Waals surface area contributed by atoms with Gasteiger partial charge >= 0.3 is 0 Å². The predicted octanol–water partition coefficient (Wildman–Crippen LogP) is 3.79. The van der Waals surface area contributed by atoms with Crippen molar-refractivity contribution >= 4 is 0 Å². The molecule has 1 aromatic carbocycles. The molecule has 1 N–H and O–H groups in total. The maximum Gasteiger partial charge on any atom is 0.00684 e. The van der Waals surface area contributed by atoms with Gasteiger partial charge in [0.05, 0.1) is 0 Å². The fourth-order valence-electron chi connectivity index (χ4n) is 2.49. The van der Waals surface area contributed by atoms with Gasteiger partial charge in [-0.1, -0.05) is 44.2 Å².